The highest BCUT2D eigenvalue weighted by Crippen LogP contribution is 2.25. The predicted octanol–water partition coefficient (Wildman–Crippen LogP) is 1.53. The van der Waals surface area contributed by atoms with Gasteiger partial charge in [0.1, 0.15) is 0 Å². The summed E-state index contributed by atoms with van der Waals surface area (Å²) >= 11 is 0. The van der Waals surface area contributed by atoms with Crippen molar-refractivity contribution in [1.82, 2.24) is 4.31 Å². The van der Waals surface area contributed by atoms with Crippen molar-refractivity contribution in [2.75, 3.05) is 26.0 Å². The van der Waals surface area contributed by atoms with Gasteiger partial charge in [-0.25, -0.2) is 8.42 Å². The molecule has 0 saturated carbocycles. The number of nitrogens with one attached hydrogen (secondary N) is 1. The molecule has 1 saturated heterocycles. The number of rotatable bonds is 4. The maximum atomic E-state index is 12.5. The van der Waals surface area contributed by atoms with E-state index in [-0.39, 0.29) is 12.1 Å². The van der Waals surface area contributed by atoms with Gasteiger partial charge < -0.3 is 10.1 Å². The third-order valence-corrected chi connectivity index (χ3v) is 5.52. The Balaban J connectivity index is 2.25. The van der Waals surface area contributed by atoms with Gasteiger partial charge in [-0.1, -0.05) is 0 Å². The molecule has 2 unspecified atom stereocenters. The molecule has 2 atom stereocenters. The van der Waals surface area contributed by atoms with Crippen LogP contribution >= 0.6 is 0 Å². The number of hydrogen-bond acceptors (Lipinski definition) is 4. The monoisotopic (exact) mass is 284 g/mol. The first kappa shape index (κ1) is 14.3. The number of sulfonamides is 1. The molecular formula is C13H20N2O3S. The average Bonchev–Trinajstić information content (AvgIpc) is 2.84. The van der Waals surface area contributed by atoms with Gasteiger partial charge in [0.05, 0.1) is 17.0 Å². The molecule has 5 nitrogen and oxygen atoms in total. The fourth-order valence-electron chi connectivity index (χ4n) is 2.34. The second kappa shape index (κ2) is 5.48. The highest BCUT2D eigenvalue weighted by molar-refractivity contribution is 7.89. The van der Waals surface area contributed by atoms with E-state index in [9.17, 15) is 8.42 Å². The van der Waals surface area contributed by atoms with Crippen LogP contribution in [-0.4, -0.2) is 45.6 Å². The summed E-state index contributed by atoms with van der Waals surface area (Å²) in [6, 6.07) is 6.68. The summed E-state index contributed by atoms with van der Waals surface area (Å²) < 4.78 is 31.9. The summed E-state index contributed by atoms with van der Waals surface area (Å²) in [5.41, 5.74) is 0.888. The van der Waals surface area contributed by atoms with E-state index in [1.807, 2.05) is 6.92 Å². The van der Waals surface area contributed by atoms with E-state index >= 15 is 0 Å². The molecule has 1 heterocycles. The van der Waals surface area contributed by atoms with Crippen LogP contribution in [0.15, 0.2) is 29.2 Å². The van der Waals surface area contributed by atoms with Crippen molar-refractivity contribution in [3.05, 3.63) is 24.3 Å². The molecule has 1 aromatic rings. The van der Waals surface area contributed by atoms with Crippen LogP contribution in [0.4, 0.5) is 5.69 Å². The molecule has 0 bridgehead atoms. The van der Waals surface area contributed by atoms with Gasteiger partial charge in [0.15, 0.2) is 0 Å². The molecule has 0 amide bonds. The summed E-state index contributed by atoms with van der Waals surface area (Å²) in [6.45, 7) is 2.53. The zero-order chi connectivity index (χ0) is 14.0. The van der Waals surface area contributed by atoms with E-state index in [1.54, 1.807) is 38.4 Å². The zero-order valence-electron chi connectivity index (χ0n) is 11.5. The molecule has 1 fully saturated rings. The van der Waals surface area contributed by atoms with E-state index in [1.165, 1.54) is 4.31 Å². The summed E-state index contributed by atoms with van der Waals surface area (Å²) in [5.74, 6) is 0. The number of nitrogens with zero attached hydrogens (tertiary/aromatic N) is 1. The van der Waals surface area contributed by atoms with E-state index in [2.05, 4.69) is 5.32 Å². The Kier molecular flexibility index (Phi) is 4.13. The maximum absolute atomic E-state index is 12.5. The SMILES string of the molecule is CNc1ccc(S(=O)(=O)N(C)C2CCOC2C)cc1. The van der Waals surface area contributed by atoms with Gasteiger partial charge in [0.2, 0.25) is 10.0 Å². The van der Waals surface area contributed by atoms with Crippen LogP contribution in [0.1, 0.15) is 13.3 Å². The van der Waals surface area contributed by atoms with E-state index in [4.69, 9.17) is 4.74 Å². The molecule has 0 aromatic heterocycles. The number of likely N-dealkylation sites (N-methyl/N-ethyl adjacent to an activating group) is 1. The third kappa shape index (κ3) is 2.75. The van der Waals surface area contributed by atoms with E-state index in [0.29, 0.717) is 11.5 Å². The van der Waals surface area contributed by atoms with Crippen LogP contribution in [0.2, 0.25) is 0 Å². The largest absolute Gasteiger partial charge is 0.388 e. The highest BCUT2D eigenvalue weighted by atomic mass is 32.2. The Morgan fingerprint density at radius 3 is 2.42 bits per heavy atom. The van der Waals surface area contributed by atoms with Crippen molar-refractivity contribution in [2.24, 2.45) is 0 Å². The second-order valence-electron chi connectivity index (χ2n) is 4.73. The summed E-state index contributed by atoms with van der Waals surface area (Å²) in [5, 5.41) is 2.97. The Bertz CT molecular complexity index is 527. The van der Waals surface area contributed by atoms with Gasteiger partial charge >= 0.3 is 0 Å². The topological polar surface area (TPSA) is 58.6 Å². The van der Waals surface area contributed by atoms with Crippen molar-refractivity contribution in [3.8, 4) is 0 Å². The van der Waals surface area contributed by atoms with Crippen LogP contribution in [0, 0.1) is 0 Å². The second-order valence-corrected chi connectivity index (χ2v) is 6.73. The summed E-state index contributed by atoms with van der Waals surface area (Å²) in [6.07, 6.45) is 0.683. The molecule has 19 heavy (non-hydrogen) atoms. The van der Waals surface area contributed by atoms with Crippen LogP contribution in [0.5, 0.6) is 0 Å². The van der Waals surface area contributed by atoms with Gasteiger partial charge in [-0.3, -0.25) is 0 Å². The third-order valence-electron chi connectivity index (χ3n) is 3.62. The number of benzene rings is 1. The lowest BCUT2D eigenvalue weighted by molar-refractivity contribution is 0.102. The van der Waals surface area contributed by atoms with Gasteiger partial charge in [-0.15, -0.1) is 0 Å². The molecular weight excluding hydrogens is 264 g/mol. The van der Waals surface area contributed by atoms with Gasteiger partial charge in [-0.05, 0) is 37.6 Å². The minimum Gasteiger partial charge on any atom is -0.388 e. The van der Waals surface area contributed by atoms with Crippen LogP contribution in [0.25, 0.3) is 0 Å². The quantitative estimate of drug-likeness (QED) is 0.911. The molecule has 0 radical (unpaired) electrons. The zero-order valence-corrected chi connectivity index (χ0v) is 12.3. The number of ether oxygens (including phenoxy) is 1. The Labute approximate surface area is 114 Å². The van der Waals surface area contributed by atoms with Gasteiger partial charge in [0.25, 0.3) is 0 Å². The van der Waals surface area contributed by atoms with Gasteiger partial charge in [-0.2, -0.15) is 4.31 Å². The smallest absolute Gasteiger partial charge is 0.243 e. The first-order valence-corrected chi connectivity index (χ1v) is 7.78. The van der Waals surface area contributed by atoms with Crippen molar-refractivity contribution >= 4 is 15.7 Å². The highest BCUT2D eigenvalue weighted by Gasteiger charge is 2.35. The fourth-order valence-corrected chi connectivity index (χ4v) is 3.78. The summed E-state index contributed by atoms with van der Waals surface area (Å²) in [7, 11) is -0.0338. The molecule has 0 aliphatic carbocycles. The maximum Gasteiger partial charge on any atom is 0.243 e. The molecule has 1 aromatic carbocycles. The Morgan fingerprint density at radius 1 is 1.32 bits per heavy atom. The van der Waals surface area contributed by atoms with E-state index < -0.39 is 10.0 Å². The van der Waals surface area contributed by atoms with Crippen LogP contribution in [0.3, 0.4) is 0 Å². The summed E-state index contributed by atoms with van der Waals surface area (Å²) in [4.78, 5) is 0.313. The lowest BCUT2D eigenvalue weighted by atomic mass is 10.2. The van der Waals surface area contributed by atoms with Crippen LogP contribution in [-0.2, 0) is 14.8 Å². The lowest BCUT2D eigenvalue weighted by Crippen LogP contribution is -2.40. The normalized spacial score (nSPS) is 23.8. The minimum absolute atomic E-state index is 0.0589. The predicted molar refractivity (Wildman–Crippen MR) is 74.8 cm³/mol. The molecule has 1 aliphatic rings. The van der Waals surface area contributed by atoms with Crippen LogP contribution < -0.4 is 5.32 Å². The molecule has 0 spiro atoms. The lowest BCUT2D eigenvalue weighted by Gasteiger charge is -2.26. The average molecular weight is 284 g/mol. The first-order valence-electron chi connectivity index (χ1n) is 6.34. The molecule has 1 N–H and O–H groups in total. The number of hydrogen-bond donors (Lipinski definition) is 1. The first-order chi connectivity index (χ1) is 8.96. The Morgan fingerprint density at radius 2 is 1.95 bits per heavy atom. The van der Waals surface area contributed by atoms with Crippen molar-refractivity contribution in [1.29, 1.82) is 0 Å². The molecule has 2 rings (SSSR count). The fraction of sp³-hybridized carbons (Fsp3) is 0.538. The minimum atomic E-state index is -3.45. The molecule has 1 aliphatic heterocycles. The number of anilines is 1. The van der Waals surface area contributed by atoms with Crippen molar-refractivity contribution in [3.63, 3.8) is 0 Å². The van der Waals surface area contributed by atoms with E-state index in [0.717, 1.165) is 12.1 Å². The van der Waals surface area contributed by atoms with Crippen molar-refractivity contribution in [2.45, 2.75) is 30.4 Å². The van der Waals surface area contributed by atoms with Gasteiger partial charge in [0, 0.05) is 26.4 Å². The van der Waals surface area contributed by atoms with Crippen molar-refractivity contribution < 1.29 is 13.2 Å². The molecule has 106 valence electrons. The Hall–Kier alpha value is -1.11. The standard InChI is InChI=1S/C13H20N2O3S/c1-10-13(8-9-18-10)15(3)19(16,17)12-6-4-11(14-2)5-7-12/h4-7,10,13-14H,8-9H2,1-3H3. The molecule has 6 heteroatoms.